The second-order valence-corrected chi connectivity index (χ2v) is 9.81. The third-order valence-corrected chi connectivity index (χ3v) is 6.91. The summed E-state index contributed by atoms with van der Waals surface area (Å²) >= 11 is 0. The summed E-state index contributed by atoms with van der Waals surface area (Å²) in [4.78, 5) is 19.2. The van der Waals surface area contributed by atoms with Crippen molar-refractivity contribution in [1.82, 2.24) is 0 Å². The van der Waals surface area contributed by atoms with Gasteiger partial charge in [-0.25, -0.2) is 9.78 Å². The third-order valence-electron chi connectivity index (χ3n) is 6.91. The molecule has 2 heterocycles. The number of carbonyl (C=O) groups is 1. The average Bonchev–Trinajstić information content (AvgIpc) is 3.74. The number of fused-ring (bicyclic) bond motifs is 1. The van der Waals surface area contributed by atoms with E-state index in [-0.39, 0.29) is 24.4 Å². The molecule has 46 heavy (non-hydrogen) atoms. The standard InChI is InChI=1S/C33H32O7.2C2H6.CH2O/c1-3-7-24(8-4-1)19-34-27-13-11-26(12-14-27)21-38-40-31-23-37-32-30(22-36-33(31)32)39-29-17-15-28(16-18-29)35-20-25-9-5-2-6-10-25;3*1-2/h1-18,30-33H,19-23H2;2*1-2H3;1H2. The largest absolute Gasteiger partial charge is 0.489 e. The molecule has 4 aromatic carbocycles. The van der Waals surface area contributed by atoms with Crippen molar-refractivity contribution in [3.05, 3.63) is 126 Å². The topological polar surface area (TPSA) is 81.7 Å². The minimum atomic E-state index is -0.319. The summed E-state index contributed by atoms with van der Waals surface area (Å²) in [5.41, 5.74) is 3.23. The van der Waals surface area contributed by atoms with Gasteiger partial charge in [0.25, 0.3) is 0 Å². The molecule has 0 bridgehead atoms. The first kappa shape index (κ1) is 36.3. The smallest absolute Gasteiger partial charge is 0.151 e. The highest BCUT2D eigenvalue weighted by molar-refractivity contribution is 5.32. The van der Waals surface area contributed by atoms with Crippen molar-refractivity contribution < 1.29 is 38.3 Å². The summed E-state index contributed by atoms with van der Waals surface area (Å²) in [7, 11) is 0. The fourth-order valence-corrected chi connectivity index (χ4v) is 4.76. The maximum Gasteiger partial charge on any atom is 0.151 e. The van der Waals surface area contributed by atoms with E-state index in [1.165, 1.54) is 0 Å². The Morgan fingerprint density at radius 1 is 0.543 bits per heavy atom. The maximum atomic E-state index is 8.00. The summed E-state index contributed by atoms with van der Waals surface area (Å²) in [5.74, 6) is 2.33. The van der Waals surface area contributed by atoms with Gasteiger partial charge in [-0.15, -0.1) is 0 Å². The fourth-order valence-electron chi connectivity index (χ4n) is 4.76. The predicted octanol–water partition coefficient (Wildman–Crippen LogP) is 7.77. The van der Waals surface area contributed by atoms with Crippen LogP contribution in [0.2, 0.25) is 0 Å². The van der Waals surface area contributed by atoms with Crippen molar-refractivity contribution in [3.63, 3.8) is 0 Å². The summed E-state index contributed by atoms with van der Waals surface area (Å²) in [5, 5.41) is 0. The molecule has 246 valence electrons. The Bertz CT molecular complexity index is 1330. The van der Waals surface area contributed by atoms with Crippen molar-refractivity contribution in [3.8, 4) is 17.2 Å². The van der Waals surface area contributed by atoms with E-state index in [4.69, 9.17) is 38.3 Å². The van der Waals surface area contributed by atoms with Crippen LogP contribution >= 0.6 is 0 Å². The van der Waals surface area contributed by atoms with E-state index in [1.807, 2.05) is 144 Å². The minimum Gasteiger partial charge on any atom is -0.489 e. The van der Waals surface area contributed by atoms with Crippen LogP contribution in [0.1, 0.15) is 44.4 Å². The zero-order valence-electron chi connectivity index (χ0n) is 27.2. The van der Waals surface area contributed by atoms with Crippen LogP contribution in [0, 0.1) is 0 Å². The number of ether oxygens (including phenoxy) is 5. The monoisotopic (exact) mass is 630 g/mol. The second-order valence-electron chi connectivity index (χ2n) is 9.81. The van der Waals surface area contributed by atoms with Crippen LogP contribution in [0.5, 0.6) is 17.2 Å². The molecule has 0 aromatic heterocycles. The molecule has 0 spiro atoms. The van der Waals surface area contributed by atoms with Crippen molar-refractivity contribution >= 4 is 6.79 Å². The minimum absolute atomic E-state index is 0.219. The lowest BCUT2D eigenvalue weighted by atomic mass is 10.1. The summed E-state index contributed by atoms with van der Waals surface area (Å²) in [6, 6.07) is 35.6. The van der Waals surface area contributed by atoms with Crippen LogP contribution in [0.15, 0.2) is 109 Å². The van der Waals surface area contributed by atoms with Gasteiger partial charge in [-0.05, 0) is 53.1 Å². The SMILES string of the molecule is C=O.CC.CC.c1ccc(COc2ccc(COOC3COC4C(Oc5ccc(OCc6ccccc6)cc5)COC34)cc2)cc1. The Hall–Kier alpha value is -4.21. The highest BCUT2D eigenvalue weighted by atomic mass is 17.2. The second kappa shape index (κ2) is 20.7. The van der Waals surface area contributed by atoms with Gasteiger partial charge in [0.1, 0.15) is 62.2 Å². The molecule has 0 saturated carbocycles. The molecule has 0 radical (unpaired) electrons. The first-order chi connectivity index (χ1) is 22.8. The number of benzene rings is 4. The molecule has 2 aliphatic heterocycles. The van der Waals surface area contributed by atoms with E-state index in [0.717, 1.165) is 33.9 Å². The Balaban J connectivity index is 0.000000908. The molecule has 2 aliphatic rings. The number of hydrogen-bond acceptors (Lipinski definition) is 8. The molecule has 4 unspecified atom stereocenters. The van der Waals surface area contributed by atoms with Gasteiger partial charge >= 0.3 is 0 Å². The number of carbonyl (C=O) groups excluding carboxylic acids is 1. The lowest BCUT2D eigenvalue weighted by Gasteiger charge is -2.18. The van der Waals surface area contributed by atoms with Crippen molar-refractivity contribution in [1.29, 1.82) is 0 Å². The first-order valence-corrected chi connectivity index (χ1v) is 15.8. The van der Waals surface area contributed by atoms with Crippen molar-refractivity contribution in [2.75, 3.05) is 13.2 Å². The van der Waals surface area contributed by atoms with Gasteiger partial charge in [-0.2, -0.15) is 0 Å². The van der Waals surface area contributed by atoms with Gasteiger partial charge in [0.2, 0.25) is 0 Å². The molecule has 4 atom stereocenters. The summed E-state index contributed by atoms with van der Waals surface area (Å²) in [6.07, 6.45) is -1.00. The van der Waals surface area contributed by atoms with Gasteiger partial charge in [-0.1, -0.05) is 100 Å². The third kappa shape index (κ3) is 11.0. The molecule has 0 aliphatic carbocycles. The fraction of sp³-hybridized carbons (Fsp3) is 0.342. The van der Waals surface area contributed by atoms with Crippen LogP contribution in [0.3, 0.4) is 0 Å². The van der Waals surface area contributed by atoms with Crippen molar-refractivity contribution in [2.45, 2.75) is 71.9 Å². The van der Waals surface area contributed by atoms with Crippen molar-refractivity contribution in [2.24, 2.45) is 0 Å². The molecule has 2 saturated heterocycles. The zero-order chi connectivity index (χ0) is 33.0. The maximum absolute atomic E-state index is 8.00. The molecule has 2 fully saturated rings. The summed E-state index contributed by atoms with van der Waals surface area (Å²) < 4.78 is 29.8. The molecular weight excluding hydrogens is 584 g/mol. The van der Waals surface area contributed by atoms with Crippen LogP contribution in [-0.4, -0.2) is 44.4 Å². The van der Waals surface area contributed by atoms with E-state index in [2.05, 4.69) is 0 Å². The summed E-state index contributed by atoms with van der Waals surface area (Å²) in [6.45, 7) is 12.2. The highest BCUT2D eigenvalue weighted by Crippen LogP contribution is 2.32. The Labute approximate surface area is 273 Å². The van der Waals surface area contributed by atoms with E-state index < -0.39 is 0 Å². The van der Waals surface area contributed by atoms with Crippen LogP contribution in [0.25, 0.3) is 0 Å². The first-order valence-electron chi connectivity index (χ1n) is 15.8. The molecule has 8 heteroatoms. The lowest BCUT2D eigenvalue weighted by molar-refractivity contribution is -0.341. The molecule has 0 N–H and O–H groups in total. The van der Waals surface area contributed by atoms with Gasteiger partial charge < -0.3 is 28.5 Å². The number of rotatable bonds is 12. The van der Waals surface area contributed by atoms with E-state index in [9.17, 15) is 0 Å². The quantitative estimate of drug-likeness (QED) is 0.116. The van der Waals surface area contributed by atoms with Gasteiger partial charge in [0.15, 0.2) is 6.10 Å². The van der Waals surface area contributed by atoms with E-state index >= 15 is 0 Å². The molecule has 8 nitrogen and oxygen atoms in total. The van der Waals surface area contributed by atoms with Gasteiger partial charge in [0.05, 0.1) is 13.2 Å². The average molecular weight is 631 g/mol. The Morgan fingerprint density at radius 3 is 1.48 bits per heavy atom. The zero-order valence-corrected chi connectivity index (χ0v) is 27.2. The molecule has 4 aromatic rings. The van der Waals surface area contributed by atoms with E-state index in [1.54, 1.807) is 0 Å². The normalized spacial score (nSPS) is 19.1. The van der Waals surface area contributed by atoms with Gasteiger partial charge in [0, 0.05) is 0 Å². The Morgan fingerprint density at radius 2 is 0.957 bits per heavy atom. The predicted molar refractivity (Wildman–Crippen MR) is 178 cm³/mol. The molecule has 6 rings (SSSR count). The van der Waals surface area contributed by atoms with Crippen LogP contribution < -0.4 is 14.2 Å². The van der Waals surface area contributed by atoms with Crippen LogP contribution in [0.4, 0.5) is 0 Å². The Kier molecular flexibility index (Phi) is 16.4. The van der Waals surface area contributed by atoms with Gasteiger partial charge in [-0.3, -0.25) is 0 Å². The number of hydrogen-bond donors (Lipinski definition) is 0. The highest BCUT2D eigenvalue weighted by Gasteiger charge is 2.50. The molecular formula is C38H46O8. The van der Waals surface area contributed by atoms with E-state index in [0.29, 0.717) is 33.0 Å². The molecule has 0 amide bonds. The lowest BCUT2D eigenvalue weighted by Crippen LogP contribution is -2.35. The van der Waals surface area contributed by atoms with Crippen LogP contribution in [-0.2, 0) is 43.9 Å².